The molecule has 5 heteroatoms. The average Bonchev–Trinajstić information content (AvgIpc) is 2.19. The Morgan fingerprint density at radius 2 is 2.00 bits per heavy atom. The number of nitroso groups, excluding NO2 is 1. The van der Waals surface area contributed by atoms with Gasteiger partial charge in [0.2, 0.25) is 0 Å². The summed E-state index contributed by atoms with van der Waals surface area (Å²) in [6.07, 6.45) is 0.145. The summed E-state index contributed by atoms with van der Waals surface area (Å²) in [7, 11) is 0. The molecule has 0 radical (unpaired) electrons. The molecule has 1 aromatic carbocycles. The Morgan fingerprint density at radius 1 is 1.36 bits per heavy atom. The van der Waals surface area contributed by atoms with E-state index in [1.807, 2.05) is 0 Å². The third-order valence-corrected chi connectivity index (χ3v) is 1.71. The number of ether oxygens (including phenoxy) is 1. The van der Waals surface area contributed by atoms with Crippen molar-refractivity contribution in [3.8, 4) is 0 Å². The molecular formula is C9H8ClNO3. The zero-order valence-corrected chi connectivity index (χ0v) is 8.03. The quantitative estimate of drug-likeness (QED) is 0.438. The number of rotatable bonds is 4. The van der Waals surface area contributed by atoms with E-state index in [9.17, 15) is 9.70 Å². The van der Waals surface area contributed by atoms with Gasteiger partial charge in [0.15, 0.2) is 6.07 Å². The van der Waals surface area contributed by atoms with Gasteiger partial charge in [0.1, 0.15) is 5.69 Å². The van der Waals surface area contributed by atoms with Crippen molar-refractivity contribution < 1.29 is 9.53 Å². The second kappa shape index (κ2) is 5.34. The Bertz CT molecular complexity index is 323. The predicted molar refractivity (Wildman–Crippen MR) is 52.4 cm³/mol. The van der Waals surface area contributed by atoms with Gasteiger partial charge in [-0.3, -0.25) is 4.79 Å². The summed E-state index contributed by atoms with van der Waals surface area (Å²) < 4.78 is 4.54. The van der Waals surface area contributed by atoms with Gasteiger partial charge < -0.3 is 4.74 Å². The largest absolute Gasteiger partial charge is 0.449 e. The molecule has 0 aliphatic carbocycles. The number of alkyl halides is 1. The lowest BCUT2D eigenvalue weighted by molar-refractivity contribution is -0.140. The monoisotopic (exact) mass is 213 g/mol. The topological polar surface area (TPSA) is 55.7 Å². The lowest BCUT2D eigenvalue weighted by Crippen LogP contribution is -2.06. The highest BCUT2D eigenvalue weighted by molar-refractivity contribution is 6.17. The number of carbonyl (C=O) groups is 1. The molecule has 0 aliphatic heterocycles. The highest BCUT2D eigenvalue weighted by Crippen LogP contribution is 2.12. The molecule has 74 valence electrons. The first-order chi connectivity index (χ1) is 6.76. The zero-order chi connectivity index (χ0) is 10.4. The van der Waals surface area contributed by atoms with E-state index in [4.69, 9.17) is 11.6 Å². The van der Waals surface area contributed by atoms with E-state index in [1.54, 1.807) is 12.1 Å². The van der Waals surface area contributed by atoms with Crippen molar-refractivity contribution in [3.63, 3.8) is 0 Å². The highest BCUT2D eigenvalue weighted by atomic mass is 35.5. The lowest BCUT2D eigenvalue weighted by atomic mass is 10.1. The number of benzene rings is 1. The first-order valence-electron chi connectivity index (χ1n) is 3.90. The van der Waals surface area contributed by atoms with Gasteiger partial charge in [-0.1, -0.05) is 23.7 Å². The molecule has 4 nitrogen and oxygen atoms in total. The van der Waals surface area contributed by atoms with Crippen LogP contribution in [0.15, 0.2) is 29.4 Å². The Balaban J connectivity index is 2.59. The molecule has 0 bridgehead atoms. The van der Waals surface area contributed by atoms with Crippen LogP contribution in [0, 0.1) is 4.91 Å². The normalized spacial score (nSPS) is 9.50. The van der Waals surface area contributed by atoms with Gasteiger partial charge in [-0.2, -0.15) is 0 Å². The van der Waals surface area contributed by atoms with Crippen molar-refractivity contribution in [2.45, 2.75) is 6.42 Å². The number of nitrogens with zero attached hydrogens (tertiary/aromatic N) is 1. The smallest absolute Gasteiger partial charge is 0.311 e. The van der Waals surface area contributed by atoms with E-state index in [1.165, 1.54) is 12.1 Å². The molecule has 14 heavy (non-hydrogen) atoms. The SMILES string of the molecule is O=Nc1ccc(CC(=O)OCCl)cc1. The molecule has 0 N–H and O–H groups in total. The lowest BCUT2D eigenvalue weighted by Gasteiger charge is -2.00. The number of carbonyl (C=O) groups excluding carboxylic acids is 1. The second-order valence-electron chi connectivity index (χ2n) is 2.56. The Labute approximate surface area is 85.8 Å². The van der Waals surface area contributed by atoms with Crippen LogP contribution in [0.4, 0.5) is 5.69 Å². The molecule has 0 spiro atoms. The highest BCUT2D eigenvalue weighted by Gasteiger charge is 2.03. The summed E-state index contributed by atoms with van der Waals surface area (Å²) in [6, 6.07) is 6.22. The fourth-order valence-corrected chi connectivity index (χ4v) is 1.07. The minimum absolute atomic E-state index is 0.145. The molecule has 1 rings (SSSR count). The third-order valence-electron chi connectivity index (χ3n) is 1.61. The van der Waals surface area contributed by atoms with Crippen LogP contribution in [0.25, 0.3) is 0 Å². The van der Waals surface area contributed by atoms with Crippen LogP contribution in [-0.2, 0) is 16.0 Å². The summed E-state index contributed by atoms with van der Waals surface area (Å²) in [4.78, 5) is 21.1. The molecule has 1 aromatic rings. The van der Waals surface area contributed by atoms with Crippen LogP contribution in [0.3, 0.4) is 0 Å². The second-order valence-corrected chi connectivity index (χ2v) is 2.78. The Morgan fingerprint density at radius 3 is 2.50 bits per heavy atom. The first kappa shape index (κ1) is 10.7. The van der Waals surface area contributed by atoms with E-state index >= 15 is 0 Å². The van der Waals surface area contributed by atoms with E-state index in [-0.39, 0.29) is 12.5 Å². The summed E-state index contributed by atoms with van der Waals surface area (Å²) >= 11 is 5.21. The molecular weight excluding hydrogens is 206 g/mol. The van der Waals surface area contributed by atoms with Crippen molar-refractivity contribution in [3.05, 3.63) is 34.7 Å². The van der Waals surface area contributed by atoms with E-state index in [0.717, 1.165) is 5.56 Å². The first-order valence-corrected chi connectivity index (χ1v) is 4.43. The molecule has 0 fully saturated rings. The van der Waals surface area contributed by atoms with E-state index < -0.39 is 5.97 Å². The van der Waals surface area contributed by atoms with Crippen LogP contribution in [0.5, 0.6) is 0 Å². The molecule has 0 amide bonds. The van der Waals surface area contributed by atoms with E-state index in [0.29, 0.717) is 5.69 Å². The predicted octanol–water partition coefficient (Wildman–Crippen LogP) is 2.37. The standard InChI is InChI=1S/C9H8ClNO3/c10-6-14-9(12)5-7-1-3-8(11-13)4-2-7/h1-4H,5-6H2. The van der Waals surface area contributed by atoms with Gasteiger partial charge in [0.25, 0.3) is 0 Å². The van der Waals surface area contributed by atoms with Crippen molar-refractivity contribution in [1.29, 1.82) is 0 Å². The third kappa shape index (κ3) is 3.14. The fraction of sp³-hybridized carbons (Fsp3) is 0.222. The van der Waals surface area contributed by atoms with Crippen LogP contribution in [0.1, 0.15) is 5.56 Å². The number of esters is 1. The fourth-order valence-electron chi connectivity index (χ4n) is 0.953. The van der Waals surface area contributed by atoms with Crippen LogP contribution in [0.2, 0.25) is 0 Å². The number of hydrogen-bond acceptors (Lipinski definition) is 4. The van der Waals surface area contributed by atoms with Crippen molar-refractivity contribution >= 4 is 23.3 Å². The zero-order valence-electron chi connectivity index (χ0n) is 7.27. The number of halogens is 1. The van der Waals surface area contributed by atoms with Crippen LogP contribution in [-0.4, -0.2) is 12.0 Å². The minimum Gasteiger partial charge on any atom is -0.449 e. The van der Waals surface area contributed by atoms with Gasteiger partial charge in [-0.05, 0) is 22.9 Å². The maximum atomic E-state index is 11.0. The summed E-state index contributed by atoms with van der Waals surface area (Å²) in [6.45, 7) is 0. The molecule has 0 atom stereocenters. The minimum atomic E-state index is -0.396. The van der Waals surface area contributed by atoms with Gasteiger partial charge in [-0.15, -0.1) is 4.91 Å². The number of hydrogen-bond donors (Lipinski definition) is 0. The van der Waals surface area contributed by atoms with Gasteiger partial charge >= 0.3 is 5.97 Å². The Hall–Kier alpha value is -1.42. The van der Waals surface area contributed by atoms with Crippen molar-refractivity contribution in [1.82, 2.24) is 0 Å². The summed E-state index contributed by atoms with van der Waals surface area (Å²) in [5.41, 5.74) is 1.09. The Kier molecular flexibility index (Phi) is 4.07. The maximum absolute atomic E-state index is 11.0. The van der Waals surface area contributed by atoms with Gasteiger partial charge in [0.05, 0.1) is 6.42 Å². The molecule has 0 aromatic heterocycles. The summed E-state index contributed by atoms with van der Waals surface area (Å²) in [5, 5.41) is 2.74. The molecule has 0 saturated carbocycles. The molecule has 0 heterocycles. The van der Waals surface area contributed by atoms with Crippen molar-refractivity contribution in [2.75, 3.05) is 6.07 Å². The molecule has 0 aliphatic rings. The maximum Gasteiger partial charge on any atom is 0.311 e. The van der Waals surface area contributed by atoms with Crippen LogP contribution < -0.4 is 0 Å². The average molecular weight is 214 g/mol. The van der Waals surface area contributed by atoms with E-state index in [2.05, 4.69) is 9.91 Å². The van der Waals surface area contributed by atoms with Gasteiger partial charge in [0, 0.05) is 0 Å². The summed E-state index contributed by atoms with van der Waals surface area (Å²) in [5.74, 6) is -0.396. The van der Waals surface area contributed by atoms with Gasteiger partial charge in [-0.25, -0.2) is 0 Å². The van der Waals surface area contributed by atoms with Crippen molar-refractivity contribution in [2.24, 2.45) is 5.18 Å². The van der Waals surface area contributed by atoms with Crippen LogP contribution >= 0.6 is 11.6 Å². The molecule has 0 saturated heterocycles. The molecule has 0 unspecified atom stereocenters.